The molecule has 0 saturated heterocycles. The third kappa shape index (κ3) is 2.18. The minimum absolute atomic E-state index is 0.205. The number of benzene rings is 1. The molecule has 0 aliphatic heterocycles. The van der Waals surface area contributed by atoms with Gasteiger partial charge in [-0.15, -0.1) is 0 Å². The zero-order chi connectivity index (χ0) is 13.2. The van der Waals surface area contributed by atoms with Gasteiger partial charge in [-0.05, 0) is 24.3 Å². The number of aromatic nitrogens is 2. The number of nitrogens with zero attached hydrogens (tertiary/aromatic N) is 2. The van der Waals surface area contributed by atoms with E-state index in [0.717, 1.165) is 5.52 Å². The number of oxazole rings is 1. The highest BCUT2D eigenvalue weighted by Crippen LogP contribution is 2.24. The summed E-state index contributed by atoms with van der Waals surface area (Å²) in [7, 11) is 0. The molecule has 2 heterocycles. The summed E-state index contributed by atoms with van der Waals surface area (Å²) in [5.74, 6) is 0.365. The molecule has 0 bridgehead atoms. The predicted molar refractivity (Wildman–Crippen MR) is 70.9 cm³/mol. The summed E-state index contributed by atoms with van der Waals surface area (Å²) in [6.45, 7) is 1.77. The van der Waals surface area contributed by atoms with Crippen LogP contribution in [0.25, 0.3) is 11.1 Å². The van der Waals surface area contributed by atoms with Crippen molar-refractivity contribution in [3.63, 3.8) is 0 Å². The van der Waals surface area contributed by atoms with E-state index in [1.807, 2.05) is 12.1 Å². The lowest BCUT2D eigenvalue weighted by Crippen LogP contribution is -2.11. The molecular weight excluding hydrogens is 242 g/mol. The van der Waals surface area contributed by atoms with Gasteiger partial charge in [0.25, 0.3) is 5.91 Å². The molecule has 1 N–H and O–H groups in total. The number of carbonyl (C=O) groups excluding carboxylic acids is 1. The zero-order valence-corrected chi connectivity index (χ0v) is 10.3. The molecule has 19 heavy (non-hydrogen) atoms. The minimum Gasteiger partial charge on any atom is -0.439 e. The van der Waals surface area contributed by atoms with E-state index < -0.39 is 0 Å². The Morgan fingerprint density at radius 2 is 2.00 bits per heavy atom. The number of amides is 1. The molecule has 2 aromatic heterocycles. The lowest BCUT2D eigenvalue weighted by molar-refractivity contribution is 0.102. The smallest absolute Gasteiger partial charge is 0.255 e. The van der Waals surface area contributed by atoms with Gasteiger partial charge in [-0.2, -0.15) is 0 Å². The van der Waals surface area contributed by atoms with Crippen LogP contribution < -0.4 is 5.32 Å². The lowest BCUT2D eigenvalue weighted by Gasteiger charge is -2.04. The molecular formula is C14H11N3O2. The fourth-order valence-corrected chi connectivity index (χ4v) is 1.86. The van der Waals surface area contributed by atoms with Crippen LogP contribution in [0, 0.1) is 6.92 Å². The van der Waals surface area contributed by atoms with Crippen molar-refractivity contribution in [2.75, 3.05) is 5.32 Å². The van der Waals surface area contributed by atoms with E-state index in [-0.39, 0.29) is 5.91 Å². The normalized spacial score (nSPS) is 10.6. The van der Waals surface area contributed by atoms with Crippen LogP contribution in [0.15, 0.2) is 47.1 Å². The van der Waals surface area contributed by atoms with Crippen molar-refractivity contribution in [1.82, 2.24) is 9.97 Å². The number of nitrogens with one attached hydrogen (secondary N) is 1. The van der Waals surface area contributed by atoms with Gasteiger partial charge in [0.05, 0.1) is 5.69 Å². The van der Waals surface area contributed by atoms with Gasteiger partial charge >= 0.3 is 0 Å². The summed E-state index contributed by atoms with van der Waals surface area (Å²) in [4.78, 5) is 20.2. The molecule has 5 heteroatoms. The fourth-order valence-electron chi connectivity index (χ4n) is 1.86. The maximum absolute atomic E-state index is 12.1. The van der Waals surface area contributed by atoms with Crippen molar-refractivity contribution in [1.29, 1.82) is 0 Å². The number of aryl methyl sites for hydroxylation is 1. The molecule has 0 saturated carbocycles. The Bertz CT molecular complexity index is 735. The molecule has 1 aromatic carbocycles. The average molecular weight is 253 g/mol. The van der Waals surface area contributed by atoms with Crippen molar-refractivity contribution in [2.45, 2.75) is 6.92 Å². The van der Waals surface area contributed by atoms with Gasteiger partial charge in [0.1, 0.15) is 5.52 Å². The highest BCUT2D eigenvalue weighted by atomic mass is 16.3. The van der Waals surface area contributed by atoms with Crippen LogP contribution >= 0.6 is 0 Å². The molecule has 1 amide bonds. The molecule has 3 rings (SSSR count). The van der Waals surface area contributed by atoms with Crippen LogP contribution in [0.2, 0.25) is 0 Å². The second-order valence-electron chi connectivity index (χ2n) is 4.08. The quantitative estimate of drug-likeness (QED) is 0.762. The molecule has 0 aliphatic rings. The SMILES string of the molecule is Cc1nc2cccc(NC(=O)c3ccncc3)c2o1. The van der Waals surface area contributed by atoms with Crippen LogP contribution in [0.1, 0.15) is 16.2 Å². The monoisotopic (exact) mass is 253 g/mol. The first-order chi connectivity index (χ1) is 9.24. The molecule has 0 aliphatic carbocycles. The molecule has 5 nitrogen and oxygen atoms in total. The number of hydrogen-bond donors (Lipinski definition) is 1. The van der Waals surface area contributed by atoms with E-state index >= 15 is 0 Å². The summed E-state index contributed by atoms with van der Waals surface area (Å²) in [6.07, 6.45) is 3.15. The minimum atomic E-state index is -0.205. The first-order valence-electron chi connectivity index (χ1n) is 5.81. The largest absolute Gasteiger partial charge is 0.439 e. The van der Waals surface area contributed by atoms with E-state index in [1.165, 1.54) is 0 Å². The van der Waals surface area contributed by atoms with Crippen LogP contribution in [0.5, 0.6) is 0 Å². The maximum atomic E-state index is 12.1. The van der Waals surface area contributed by atoms with Gasteiger partial charge in [-0.3, -0.25) is 9.78 Å². The lowest BCUT2D eigenvalue weighted by atomic mass is 10.2. The van der Waals surface area contributed by atoms with Gasteiger partial charge in [-0.1, -0.05) is 6.07 Å². The Morgan fingerprint density at radius 3 is 2.79 bits per heavy atom. The van der Waals surface area contributed by atoms with Gasteiger partial charge in [0, 0.05) is 24.9 Å². The Hall–Kier alpha value is -2.69. The van der Waals surface area contributed by atoms with Crippen molar-refractivity contribution in [3.05, 3.63) is 54.2 Å². The van der Waals surface area contributed by atoms with Crippen molar-refractivity contribution >= 4 is 22.7 Å². The Balaban J connectivity index is 1.95. The number of fused-ring (bicyclic) bond motifs is 1. The molecule has 0 spiro atoms. The summed E-state index contributed by atoms with van der Waals surface area (Å²) < 4.78 is 5.50. The Morgan fingerprint density at radius 1 is 1.21 bits per heavy atom. The molecule has 94 valence electrons. The zero-order valence-electron chi connectivity index (χ0n) is 10.3. The molecule has 0 fully saturated rings. The number of hydrogen-bond acceptors (Lipinski definition) is 4. The van der Waals surface area contributed by atoms with Crippen molar-refractivity contribution in [3.8, 4) is 0 Å². The summed E-state index contributed by atoms with van der Waals surface area (Å²) in [6, 6.07) is 8.76. The van der Waals surface area contributed by atoms with Crippen molar-refractivity contribution in [2.24, 2.45) is 0 Å². The fraction of sp³-hybridized carbons (Fsp3) is 0.0714. The predicted octanol–water partition coefficient (Wildman–Crippen LogP) is 2.78. The van der Waals surface area contributed by atoms with Gasteiger partial charge in [-0.25, -0.2) is 4.98 Å². The third-order valence-electron chi connectivity index (χ3n) is 2.71. The molecule has 0 radical (unpaired) electrons. The van der Waals surface area contributed by atoms with E-state index in [2.05, 4.69) is 15.3 Å². The molecule has 0 atom stereocenters. The van der Waals surface area contributed by atoms with Gasteiger partial charge in [0.15, 0.2) is 11.5 Å². The second-order valence-corrected chi connectivity index (χ2v) is 4.08. The van der Waals surface area contributed by atoms with E-state index in [1.54, 1.807) is 37.5 Å². The first-order valence-corrected chi connectivity index (χ1v) is 5.81. The van der Waals surface area contributed by atoms with Crippen LogP contribution in [-0.2, 0) is 0 Å². The van der Waals surface area contributed by atoms with E-state index in [9.17, 15) is 4.79 Å². The number of pyridine rings is 1. The summed E-state index contributed by atoms with van der Waals surface area (Å²) >= 11 is 0. The maximum Gasteiger partial charge on any atom is 0.255 e. The third-order valence-corrected chi connectivity index (χ3v) is 2.71. The van der Waals surface area contributed by atoms with Crippen LogP contribution in [-0.4, -0.2) is 15.9 Å². The molecule has 3 aromatic rings. The number of rotatable bonds is 2. The topological polar surface area (TPSA) is 68.0 Å². The standard InChI is InChI=1S/C14H11N3O2/c1-9-16-11-3-2-4-12(13(11)19-9)17-14(18)10-5-7-15-8-6-10/h2-8H,1H3,(H,17,18). The average Bonchev–Trinajstić information content (AvgIpc) is 2.81. The highest BCUT2D eigenvalue weighted by Gasteiger charge is 2.11. The summed E-state index contributed by atoms with van der Waals surface area (Å²) in [5, 5.41) is 2.81. The Kier molecular flexibility index (Phi) is 2.72. The van der Waals surface area contributed by atoms with Crippen LogP contribution in [0.4, 0.5) is 5.69 Å². The number of anilines is 1. The van der Waals surface area contributed by atoms with Gasteiger partial charge in [0.2, 0.25) is 0 Å². The number of para-hydroxylation sites is 1. The molecule has 0 unspecified atom stereocenters. The van der Waals surface area contributed by atoms with E-state index in [4.69, 9.17) is 4.42 Å². The first kappa shape index (κ1) is 11.4. The van der Waals surface area contributed by atoms with Gasteiger partial charge < -0.3 is 9.73 Å². The van der Waals surface area contributed by atoms with Crippen molar-refractivity contribution < 1.29 is 9.21 Å². The summed E-state index contributed by atoms with van der Waals surface area (Å²) in [5.41, 5.74) is 2.47. The number of carbonyl (C=O) groups is 1. The Labute approximate surface area is 109 Å². The highest BCUT2D eigenvalue weighted by molar-refractivity contribution is 6.07. The van der Waals surface area contributed by atoms with Crippen LogP contribution in [0.3, 0.4) is 0 Å². The second kappa shape index (κ2) is 4.53. The van der Waals surface area contributed by atoms with E-state index in [0.29, 0.717) is 22.7 Å².